The van der Waals surface area contributed by atoms with E-state index in [1.54, 1.807) is 6.07 Å². The lowest BCUT2D eigenvalue weighted by Crippen LogP contribution is -2.23. The van der Waals surface area contributed by atoms with Crippen LogP contribution < -0.4 is 4.72 Å². The Labute approximate surface area is 127 Å². The van der Waals surface area contributed by atoms with E-state index in [4.69, 9.17) is 0 Å². The summed E-state index contributed by atoms with van der Waals surface area (Å²) in [4.78, 5) is 15.1. The molecule has 8 heteroatoms. The molecule has 0 bridgehead atoms. The lowest BCUT2D eigenvalue weighted by molar-refractivity contribution is 0.0594. The Hall–Kier alpha value is -2.32. The van der Waals surface area contributed by atoms with Gasteiger partial charge in [-0.3, -0.25) is 0 Å². The predicted octanol–water partition coefficient (Wildman–Crippen LogP) is 1.49. The molecule has 0 radical (unpaired) electrons. The fourth-order valence-electron chi connectivity index (χ4n) is 1.63. The quantitative estimate of drug-likeness (QED) is 0.842. The van der Waals surface area contributed by atoms with Gasteiger partial charge in [-0.05, 0) is 35.9 Å². The largest absolute Gasteiger partial charge is 0.464 e. The Bertz CT molecular complexity index is 758. The highest BCUT2D eigenvalue weighted by Crippen LogP contribution is 2.10. The summed E-state index contributed by atoms with van der Waals surface area (Å²) in [6, 6.07) is 7.49. The van der Waals surface area contributed by atoms with Crippen LogP contribution in [0.3, 0.4) is 0 Å². The van der Waals surface area contributed by atoms with Crippen LogP contribution >= 0.6 is 0 Å². The summed E-state index contributed by atoms with van der Waals surface area (Å²) < 4.78 is 43.7. The molecular weight excluding hydrogens is 311 g/mol. The number of sulfonamides is 1. The highest BCUT2D eigenvalue weighted by atomic mass is 32.2. The molecule has 0 aliphatic carbocycles. The second kappa shape index (κ2) is 6.63. The molecule has 1 aromatic carbocycles. The van der Waals surface area contributed by atoms with Crippen LogP contribution in [0.5, 0.6) is 0 Å². The number of aromatic nitrogens is 1. The minimum Gasteiger partial charge on any atom is -0.464 e. The highest BCUT2D eigenvalue weighted by molar-refractivity contribution is 7.89. The zero-order valence-corrected chi connectivity index (χ0v) is 12.4. The van der Waals surface area contributed by atoms with E-state index in [2.05, 4.69) is 14.4 Å². The van der Waals surface area contributed by atoms with E-state index < -0.39 is 21.8 Å². The minimum absolute atomic E-state index is 0.00579. The maximum Gasteiger partial charge on any atom is 0.356 e. The molecule has 116 valence electrons. The SMILES string of the molecule is COC(=O)c1ccc(CNS(=O)(=O)c2ccc(F)cc2)cn1. The van der Waals surface area contributed by atoms with Gasteiger partial charge in [0.05, 0.1) is 12.0 Å². The molecule has 0 spiro atoms. The predicted molar refractivity (Wildman–Crippen MR) is 76.0 cm³/mol. The number of halogens is 1. The van der Waals surface area contributed by atoms with E-state index in [1.807, 2.05) is 0 Å². The van der Waals surface area contributed by atoms with Crippen LogP contribution in [0.25, 0.3) is 0 Å². The molecule has 0 saturated carbocycles. The molecule has 1 heterocycles. The topological polar surface area (TPSA) is 85.4 Å². The van der Waals surface area contributed by atoms with Crippen LogP contribution in [0.15, 0.2) is 47.5 Å². The second-order valence-electron chi connectivity index (χ2n) is 4.32. The summed E-state index contributed by atoms with van der Waals surface area (Å²) in [6.07, 6.45) is 1.37. The Morgan fingerprint density at radius 2 is 1.91 bits per heavy atom. The van der Waals surface area contributed by atoms with Crippen molar-refractivity contribution in [2.45, 2.75) is 11.4 Å². The summed E-state index contributed by atoms with van der Waals surface area (Å²) in [7, 11) is -2.50. The number of nitrogens with one attached hydrogen (secondary N) is 1. The van der Waals surface area contributed by atoms with Gasteiger partial charge < -0.3 is 4.74 Å². The number of nitrogens with zero attached hydrogens (tertiary/aromatic N) is 1. The molecule has 0 amide bonds. The van der Waals surface area contributed by atoms with Crippen molar-refractivity contribution in [1.29, 1.82) is 0 Å². The van der Waals surface area contributed by atoms with Crippen molar-refractivity contribution in [2.24, 2.45) is 0 Å². The van der Waals surface area contributed by atoms with Gasteiger partial charge in [0.25, 0.3) is 0 Å². The number of carbonyl (C=O) groups is 1. The number of methoxy groups -OCH3 is 1. The van der Waals surface area contributed by atoms with Crippen molar-refractivity contribution in [3.8, 4) is 0 Å². The Morgan fingerprint density at radius 1 is 1.23 bits per heavy atom. The van der Waals surface area contributed by atoms with Gasteiger partial charge in [0, 0.05) is 12.7 Å². The van der Waals surface area contributed by atoms with Gasteiger partial charge in [-0.2, -0.15) is 0 Å². The van der Waals surface area contributed by atoms with Gasteiger partial charge in [0.1, 0.15) is 11.5 Å². The van der Waals surface area contributed by atoms with E-state index in [1.165, 1.54) is 31.5 Å². The molecule has 1 aromatic heterocycles. The van der Waals surface area contributed by atoms with Gasteiger partial charge in [-0.1, -0.05) is 6.07 Å². The molecule has 0 aliphatic rings. The van der Waals surface area contributed by atoms with E-state index in [0.717, 1.165) is 12.1 Å². The second-order valence-corrected chi connectivity index (χ2v) is 6.09. The first-order valence-electron chi connectivity index (χ1n) is 6.21. The average molecular weight is 324 g/mol. The van der Waals surface area contributed by atoms with Crippen LogP contribution in [-0.4, -0.2) is 26.5 Å². The smallest absolute Gasteiger partial charge is 0.356 e. The first kappa shape index (κ1) is 16.1. The summed E-state index contributed by atoms with van der Waals surface area (Å²) in [5, 5.41) is 0. The van der Waals surface area contributed by atoms with Crippen LogP contribution in [-0.2, 0) is 21.3 Å². The third-order valence-corrected chi connectivity index (χ3v) is 4.23. The lowest BCUT2D eigenvalue weighted by atomic mass is 10.2. The van der Waals surface area contributed by atoms with Gasteiger partial charge in [-0.15, -0.1) is 0 Å². The van der Waals surface area contributed by atoms with Crippen molar-refractivity contribution in [3.63, 3.8) is 0 Å². The molecule has 0 unspecified atom stereocenters. The molecule has 0 saturated heterocycles. The number of benzene rings is 1. The summed E-state index contributed by atoms with van der Waals surface area (Å²) in [6.45, 7) is -0.00579. The van der Waals surface area contributed by atoms with Crippen molar-refractivity contribution >= 4 is 16.0 Å². The van der Waals surface area contributed by atoms with Crippen molar-refractivity contribution in [1.82, 2.24) is 9.71 Å². The highest BCUT2D eigenvalue weighted by Gasteiger charge is 2.14. The lowest BCUT2D eigenvalue weighted by Gasteiger charge is -2.07. The number of ether oxygens (including phenoxy) is 1. The Balaban J connectivity index is 2.05. The number of hydrogen-bond donors (Lipinski definition) is 1. The fourth-order valence-corrected chi connectivity index (χ4v) is 2.65. The van der Waals surface area contributed by atoms with Crippen LogP contribution in [0.1, 0.15) is 16.1 Å². The van der Waals surface area contributed by atoms with E-state index >= 15 is 0 Å². The molecule has 0 fully saturated rings. The number of pyridine rings is 1. The normalized spacial score (nSPS) is 11.2. The average Bonchev–Trinajstić information content (AvgIpc) is 2.53. The molecule has 2 rings (SSSR count). The van der Waals surface area contributed by atoms with Crippen LogP contribution in [0, 0.1) is 5.82 Å². The van der Waals surface area contributed by atoms with Crippen molar-refractivity contribution < 1.29 is 22.3 Å². The fraction of sp³-hybridized carbons (Fsp3) is 0.143. The van der Waals surface area contributed by atoms with Crippen LogP contribution in [0.4, 0.5) is 4.39 Å². The molecular formula is C14H13FN2O4S. The molecule has 2 aromatic rings. The Morgan fingerprint density at radius 3 is 2.45 bits per heavy atom. The minimum atomic E-state index is -3.74. The van der Waals surface area contributed by atoms with E-state index in [0.29, 0.717) is 5.56 Å². The monoisotopic (exact) mass is 324 g/mol. The van der Waals surface area contributed by atoms with Crippen LogP contribution in [0.2, 0.25) is 0 Å². The standard InChI is InChI=1S/C14H13FN2O4S/c1-21-14(18)13-7-2-10(8-16-13)9-17-22(19,20)12-5-3-11(15)4-6-12/h2-8,17H,9H2,1H3. The van der Waals surface area contributed by atoms with E-state index in [9.17, 15) is 17.6 Å². The maximum absolute atomic E-state index is 12.8. The van der Waals surface area contributed by atoms with E-state index in [-0.39, 0.29) is 17.1 Å². The molecule has 0 aliphatic heterocycles. The molecule has 0 atom stereocenters. The van der Waals surface area contributed by atoms with Gasteiger partial charge in [0.15, 0.2) is 0 Å². The summed E-state index contributed by atoms with van der Waals surface area (Å²) >= 11 is 0. The van der Waals surface area contributed by atoms with Gasteiger partial charge in [-0.25, -0.2) is 27.3 Å². The number of hydrogen-bond acceptors (Lipinski definition) is 5. The first-order valence-corrected chi connectivity index (χ1v) is 7.69. The molecule has 6 nitrogen and oxygen atoms in total. The number of carbonyl (C=O) groups excluding carboxylic acids is 1. The number of esters is 1. The van der Waals surface area contributed by atoms with Crippen molar-refractivity contribution in [2.75, 3.05) is 7.11 Å². The summed E-state index contributed by atoms with van der Waals surface area (Å²) in [5.74, 6) is -1.08. The molecule has 22 heavy (non-hydrogen) atoms. The van der Waals surface area contributed by atoms with Crippen molar-refractivity contribution in [3.05, 3.63) is 59.7 Å². The zero-order chi connectivity index (χ0) is 16.2. The third-order valence-electron chi connectivity index (χ3n) is 2.81. The number of rotatable bonds is 5. The summed E-state index contributed by atoms with van der Waals surface area (Å²) in [5.41, 5.74) is 0.700. The van der Waals surface area contributed by atoms with Gasteiger partial charge >= 0.3 is 5.97 Å². The maximum atomic E-state index is 12.8. The van der Waals surface area contributed by atoms with Gasteiger partial charge in [0.2, 0.25) is 10.0 Å². The zero-order valence-electron chi connectivity index (χ0n) is 11.6. The Kier molecular flexibility index (Phi) is 4.84. The first-order chi connectivity index (χ1) is 10.4. The molecule has 1 N–H and O–H groups in total. The third kappa shape index (κ3) is 3.86.